The Bertz CT molecular complexity index is 478. The van der Waals surface area contributed by atoms with Crippen molar-refractivity contribution in [2.24, 2.45) is 10.8 Å². The van der Waals surface area contributed by atoms with Gasteiger partial charge in [0.1, 0.15) is 0 Å². The fourth-order valence-electron chi connectivity index (χ4n) is 3.15. The summed E-state index contributed by atoms with van der Waals surface area (Å²) in [6.07, 6.45) is 8.47. The van der Waals surface area contributed by atoms with E-state index in [2.05, 4.69) is 32.9 Å². The van der Waals surface area contributed by atoms with Crippen molar-refractivity contribution < 1.29 is 14.3 Å². The van der Waals surface area contributed by atoms with Gasteiger partial charge in [-0.15, -0.1) is 0 Å². The molecule has 0 bridgehead atoms. The van der Waals surface area contributed by atoms with Crippen LogP contribution in [0, 0.1) is 10.8 Å². The number of fused-ring (bicyclic) bond motifs is 1. The molecule has 3 nitrogen and oxygen atoms in total. The number of ether oxygens (including phenoxy) is 2. The average molecular weight is 262 g/mol. The van der Waals surface area contributed by atoms with E-state index in [1.54, 1.807) is 20.3 Å². The molecule has 0 aromatic carbocycles. The summed E-state index contributed by atoms with van der Waals surface area (Å²) in [6.45, 7) is 6.48. The van der Waals surface area contributed by atoms with Crippen molar-refractivity contribution in [1.82, 2.24) is 0 Å². The molecule has 104 valence electrons. The van der Waals surface area contributed by atoms with Gasteiger partial charge < -0.3 is 9.47 Å². The molecule has 0 unspecified atom stereocenters. The summed E-state index contributed by atoms with van der Waals surface area (Å²) in [5, 5.41) is 0. The summed E-state index contributed by atoms with van der Waals surface area (Å²) in [5.74, 6) is -0.00968. The minimum absolute atomic E-state index is 0.00968. The smallest absolute Gasteiger partial charge is 0.186 e. The normalized spacial score (nSPS) is 29.1. The molecule has 0 aliphatic heterocycles. The van der Waals surface area contributed by atoms with Crippen molar-refractivity contribution in [1.29, 1.82) is 0 Å². The first kappa shape index (κ1) is 14.2. The number of methoxy groups -OCH3 is 2. The molecule has 0 N–H and O–H groups in total. The summed E-state index contributed by atoms with van der Waals surface area (Å²) in [7, 11) is 3.09. The first-order chi connectivity index (χ1) is 8.84. The number of allylic oxidation sites excluding steroid dienone is 5. The molecular formula is C16H22O3. The number of carbonyl (C=O) groups is 1. The minimum atomic E-state index is -0.597. The second kappa shape index (κ2) is 4.73. The Morgan fingerprint density at radius 3 is 2.42 bits per heavy atom. The molecule has 1 atom stereocenters. The van der Waals surface area contributed by atoms with Crippen LogP contribution in [0.3, 0.4) is 0 Å². The SMILES string of the molecule is COC(OC)C1=C[C@@]2(C)C=CCC(C)(C)C2=CC1=O. The van der Waals surface area contributed by atoms with E-state index in [0.29, 0.717) is 5.57 Å². The molecule has 0 spiro atoms. The lowest BCUT2D eigenvalue weighted by atomic mass is 9.61. The molecule has 0 fully saturated rings. The van der Waals surface area contributed by atoms with Crippen molar-refractivity contribution in [3.05, 3.63) is 35.5 Å². The number of hydrogen-bond donors (Lipinski definition) is 0. The molecular weight excluding hydrogens is 240 g/mol. The molecule has 2 aliphatic carbocycles. The van der Waals surface area contributed by atoms with Gasteiger partial charge in [-0.05, 0) is 30.4 Å². The van der Waals surface area contributed by atoms with Gasteiger partial charge in [0.2, 0.25) is 0 Å². The zero-order valence-electron chi connectivity index (χ0n) is 12.3. The van der Waals surface area contributed by atoms with E-state index in [4.69, 9.17) is 9.47 Å². The molecule has 0 saturated carbocycles. The highest BCUT2D eigenvalue weighted by atomic mass is 16.7. The van der Waals surface area contributed by atoms with Crippen LogP contribution in [0.4, 0.5) is 0 Å². The summed E-state index contributed by atoms with van der Waals surface area (Å²) >= 11 is 0. The number of rotatable bonds is 3. The third kappa shape index (κ3) is 2.33. The standard InChI is InChI=1S/C16H22O3/c1-15(2)7-6-8-16(3)10-11(14(18-4)19-5)12(17)9-13(15)16/h6,8-10,14H,7H2,1-5H3/t16-/m1/s1. The Morgan fingerprint density at radius 2 is 1.84 bits per heavy atom. The van der Waals surface area contributed by atoms with Gasteiger partial charge in [-0.3, -0.25) is 4.79 Å². The van der Waals surface area contributed by atoms with E-state index in [9.17, 15) is 4.79 Å². The van der Waals surface area contributed by atoms with Crippen LogP contribution in [0.15, 0.2) is 35.5 Å². The van der Waals surface area contributed by atoms with E-state index >= 15 is 0 Å². The van der Waals surface area contributed by atoms with Gasteiger partial charge >= 0.3 is 0 Å². The van der Waals surface area contributed by atoms with Crippen molar-refractivity contribution in [3.8, 4) is 0 Å². The first-order valence-corrected chi connectivity index (χ1v) is 6.57. The maximum Gasteiger partial charge on any atom is 0.186 e. The molecule has 19 heavy (non-hydrogen) atoms. The van der Waals surface area contributed by atoms with Crippen molar-refractivity contribution >= 4 is 5.78 Å². The highest BCUT2D eigenvalue weighted by molar-refractivity contribution is 6.06. The first-order valence-electron chi connectivity index (χ1n) is 6.57. The van der Waals surface area contributed by atoms with Crippen LogP contribution >= 0.6 is 0 Å². The predicted octanol–water partition coefficient (Wildman–Crippen LogP) is 3.03. The van der Waals surface area contributed by atoms with Crippen molar-refractivity contribution in [3.63, 3.8) is 0 Å². The Balaban J connectivity index is 2.49. The summed E-state index contributed by atoms with van der Waals surface area (Å²) in [6, 6.07) is 0. The van der Waals surface area contributed by atoms with Gasteiger partial charge in [-0.1, -0.05) is 32.1 Å². The Hall–Kier alpha value is -1.19. The monoisotopic (exact) mass is 262 g/mol. The molecule has 0 heterocycles. The zero-order valence-corrected chi connectivity index (χ0v) is 12.3. The molecule has 3 heteroatoms. The third-order valence-corrected chi connectivity index (χ3v) is 4.10. The van der Waals surface area contributed by atoms with Gasteiger partial charge in [-0.2, -0.15) is 0 Å². The largest absolute Gasteiger partial charge is 0.352 e. The summed E-state index contributed by atoms with van der Waals surface area (Å²) in [5.41, 5.74) is 1.54. The Morgan fingerprint density at radius 1 is 1.21 bits per heavy atom. The highest BCUT2D eigenvalue weighted by Crippen LogP contribution is 2.50. The number of carbonyl (C=O) groups excluding carboxylic acids is 1. The fourth-order valence-corrected chi connectivity index (χ4v) is 3.15. The van der Waals surface area contributed by atoms with Gasteiger partial charge in [-0.25, -0.2) is 0 Å². The Labute approximate surface area is 115 Å². The molecule has 0 saturated heterocycles. The third-order valence-electron chi connectivity index (χ3n) is 4.10. The zero-order chi connectivity index (χ0) is 14.3. The number of hydrogen-bond acceptors (Lipinski definition) is 3. The number of ketones is 1. The van der Waals surface area contributed by atoms with Gasteiger partial charge in [0.15, 0.2) is 12.1 Å². The van der Waals surface area contributed by atoms with Gasteiger partial charge in [0.05, 0.1) is 5.57 Å². The van der Waals surface area contributed by atoms with Crippen LogP contribution in [-0.4, -0.2) is 26.3 Å². The van der Waals surface area contributed by atoms with Gasteiger partial charge in [0, 0.05) is 19.6 Å². The minimum Gasteiger partial charge on any atom is -0.352 e. The van der Waals surface area contributed by atoms with Crippen LogP contribution in [-0.2, 0) is 14.3 Å². The average Bonchev–Trinajstić information content (AvgIpc) is 2.33. The lowest BCUT2D eigenvalue weighted by Crippen LogP contribution is -2.36. The predicted molar refractivity (Wildman–Crippen MR) is 74.6 cm³/mol. The van der Waals surface area contributed by atoms with Crippen LogP contribution in [0.25, 0.3) is 0 Å². The molecule has 0 aromatic rings. The quantitative estimate of drug-likeness (QED) is 0.579. The molecule has 2 rings (SSSR count). The van der Waals surface area contributed by atoms with E-state index in [1.165, 1.54) is 5.57 Å². The maximum atomic E-state index is 12.3. The summed E-state index contributed by atoms with van der Waals surface area (Å²) in [4.78, 5) is 12.3. The molecule has 0 aromatic heterocycles. The van der Waals surface area contributed by atoms with Crippen LogP contribution in [0.1, 0.15) is 27.2 Å². The lowest BCUT2D eigenvalue weighted by molar-refractivity contribution is -0.119. The van der Waals surface area contributed by atoms with Crippen LogP contribution in [0.2, 0.25) is 0 Å². The summed E-state index contributed by atoms with van der Waals surface area (Å²) < 4.78 is 10.4. The van der Waals surface area contributed by atoms with Crippen LogP contribution in [0.5, 0.6) is 0 Å². The highest BCUT2D eigenvalue weighted by Gasteiger charge is 2.42. The van der Waals surface area contributed by atoms with Crippen molar-refractivity contribution in [2.75, 3.05) is 14.2 Å². The molecule has 0 radical (unpaired) electrons. The van der Waals surface area contributed by atoms with Gasteiger partial charge in [0.25, 0.3) is 0 Å². The van der Waals surface area contributed by atoms with E-state index < -0.39 is 6.29 Å². The fraction of sp³-hybridized carbons (Fsp3) is 0.562. The molecule has 0 amide bonds. The van der Waals surface area contributed by atoms with E-state index in [-0.39, 0.29) is 16.6 Å². The maximum absolute atomic E-state index is 12.3. The van der Waals surface area contributed by atoms with Crippen LogP contribution < -0.4 is 0 Å². The topological polar surface area (TPSA) is 35.5 Å². The van der Waals surface area contributed by atoms with Crippen molar-refractivity contribution in [2.45, 2.75) is 33.5 Å². The van der Waals surface area contributed by atoms with E-state index in [0.717, 1.165) is 6.42 Å². The lowest BCUT2D eigenvalue weighted by Gasteiger charge is -2.43. The second-order valence-electron chi connectivity index (χ2n) is 6.10. The van der Waals surface area contributed by atoms with E-state index in [1.807, 2.05) is 6.08 Å². The molecule has 2 aliphatic rings. The Kier molecular flexibility index (Phi) is 3.54. The second-order valence-corrected chi connectivity index (χ2v) is 6.10.